The summed E-state index contributed by atoms with van der Waals surface area (Å²) in [4.78, 5) is 22.4. The third kappa shape index (κ3) is 6.58. The number of ether oxygens (including phenoxy) is 2. The smallest absolute Gasteiger partial charge is 0.305 e. The van der Waals surface area contributed by atoms with Crippen molar-refractivity contribution in [1.82, 2.24) is 0 Å². The molecule has 0 radical (unpaired) electrons. The molecule has 1 rings (SSSR count). The molecule has 21 heavy (non-hydrogen) atoms. The van der Waals surface area contributed by atoms with Gasteiger partial charge in [-0.25, -0.2) is 0 Å². The standard InChI is InChI=1S/C16H19BrO4/c1-4-6-14(9-13-7-5-8-15(17)10-13)16(20-11(2)18)21-12(3)19/h5,7-10,16H,4,6H2,1-3H3/b14-9+. The highest BCUT2D eigenvalue weighted by Crippen LogP contribution is 2.21. The van der Waals surface area contributed by atoms with Crippen molar-refractivity contribution in [3.63, 3.8) is 0 Å². The van der Waals surface area contributed by atoms with E-state index in [1.54, 1.807) is 0 Å². The molecule has 0 bridgehead atoms. The molecular weight excluding hydrogens is 336 g/mol. The minimum atomic E-state index is -0.973. The second-order valence-electron chi connectivity index (χ2n) is 4.58. The van der Waals surface area contributed by atoms with Crippen molar-refractivity contribution in [2.75, 3.05) is 0 Å². The van der Waals surface area contributed by atoms with E-state index in [9.17, 15) is 9.59 Å². The van der Waals surface area contributed by atoms with E-state index < -0.39 is 18.2 Å². The Balaban J connectivity index is 3.09. The molecule has 4 nitrogen and oxygen atoms in total. The largest absolute Gasteiger partial charge is 0.421 e. The molecular formula is C16H19BrO4. The summed E-state index contributed by atoms with van der Waals surface area (Å²) < 4.78 is 11.2. The zero-order chi connectivity index (χ0) is 15.8. The van der Waals surface area contributed by atoms with Gasteiger partial charge >= 0.3 is 11.9 Å². The summed E-state index contributed by atoms with van der Waals surface area (Å²) in [6.45, 7) is 4.59. The molecule has 0 aliphatic carbocycles. The van der Waals surface area contributed by atoms with E-state index in [0.717, 1.165) is 22.0 Å². The molecule has 0 fully saturated rings. The maximum Gasteiger partial charge on any atom is 0.305 e. The number of hydrogen-bond donors (Lipinski definition) is 0. The highest BCUT2D eigenvalue weighted by atomic mass is 79.9. The van der Waals surface area contributed by atoms with E-state index >= 15 is 0 Å². The second-order valence-corrected chi connectivity index (χ2v) is 5.49. The van der Waals surface area contributed by atoms with E-state index in [1.807, 2.05) is 37.3 Å². The van der Waals surface area contributed by atoms with E-state index in [1.165, 1.54) is 13.8 Å². The van der Waals surface area contributed by atoms with Gasteiger partial charge in [-0.2, -0.15) is 0 Å². The number of carbonyl (C=O) groups excluding carboxylic acids is 2. The quantitative estimate of drug-likeness (QED) is 0.570. The first kappa shape index (κ1) is 17.4. The fourth-order valence-corrected chi connectivity index (χ4v) is 2.25. The molecule has 0 aliphatic heterocycles. The Labute approximate surface area is 133 Å². The lowest BCUT2D eigenvalue weighted by Crippen LogP contribution is -2.24. The lowest BCUT2D eigenvalue weighted by Gasteiger charge is -2.19. The summed E-state index contributed by atoms with van der Waals surface area (Å²) in [5, 5.41) is 0. The van der Waals surface area contributed by atoms with E-state index in [0.29, 0.717) is 6.42 Å². The maximum atomic E-state index is 11.2. The highest BCUT2D eigenvalue weighted by molar-refractivity contribution is 9.10. The fourth-order valence-electron chi connectivity index (χ4n) is 1.83. The molecule has 0 aromatic heterocycles. The van der Waals surface area contributed by atoms with Gasteiger partial charge in [0.05, 0.1) is 0 Å². The third-order valence-electron chi connectivity index (χ3n) is 2.59. The normalized spacial score (nSPS) is 11.4. The number of halogens is 1. The number of hydrogen-bond acceptors (Lipinski definition) is 4. The molecule has 0 N–H and O–H groups in total. The molecule has 0 unspecified atom stereocenters. The SMILES string of the molecule is CCC/C(=C\c1cccc(Br)c1)C(OC(C)=O)OC(C)=O. The molecule has 1 aromatic rings. The van der Waals surface area contributed by atoms with Gasteiger partial charge in [-0.1, -0.05) is 41.4 Å². The van der Waals surface area contributed by atoms with Crippen LogP contribution in [0.25, 0.3) is 6.08 Å². The summed E-state index contributed by atoms with van der Waals surface area (Å²) in [5.74, 6) is -0.977. The topological polar surface area (TPSA) is 52.6 Å². The molecule has 0 aliphatic rings. The first-order chi connectivity index (χ1) is 9.92. The molecule has 0 atom stereocenters. The van der Waals surface area contributed by atoms with E-state index in [-0.39, 0.29) is 0 Å². The summed E-state index contributed by atoms with van der Waals surface area (Å²) in [6.07, 6.45) is 2.42. The number of carbonyl (C=O) groups is 2. The van der Waals surface area contributed by atoms with Crippen molar-refractivity contribution in [3.05, 3.63) is 39.9 Å². The lowest BCUT2D eigenvalue weighted by atomic mass is 10.1. The van der Waals surface area contributed by atoms with E-state index in [2.05, 4.69) is 15.9 Å². The maximum absolute atomic E-state index is 11.2. The first-order valence-corrected chi connectivity index (χ1v) is 7.52. The molecule has 0 heterocycles. The van der Waals surface area contributed by atoms with Crippen LogP contribution in [-0.4, -0.2) is 18.2 Å². The van der Waals surface area contributed by atoms with Crippen LogP contribution < -0.4 is 0 Å². The Morgan fingerprint density at radius 3 is 2.33 bits per heavy atom. The Morgan fingerprint density at radius 2 is 1.86 bits per heavy atom. The van der Waals surface area contributed by atoms with Crippen molar-refractivity contribution in [3.8, 4) is 0 Å². The average molecular weight is 355 g/mol. The van der Waals surface area contributed by atoms with Gasteiger partial charge in [0.15, 0.2) is 0 Å². The van der Waals surface area contributed by atoms with Crippen LogP contribution in [0, 0.1) is 0 Å². The van der Waals surface area contributed by atoms with Crippen molar-refractivity contribution in [1.29, 1.82) is 0 Å². The van der Waals surface area contributed by atoms with Gasteiger partial charge in [0.2, 0.25) is 0 Å². The number of rotatable bonds is 6. The van der Waals surface area contributed by atoms with Gasteiger partial charge in [0.25, 0.3) is 6.29 Å². The third-order valence-corrected chi connectivity index (χ3v) is 3.08. The van der Waals surface area contributed by atoms with Crippen LogP contribution in [0.1, 0.15) is 39.2 Å². The molecule has 114 valence electrons. The van der Waals surface area contributed by atoms with Gasteiger partial charge in [-0.15, -0.1) is 0 Å². The van der Waals surface area contributed by atoms with Crippen LogP contribution in [0.15, 0.2) is 34.3 Å². The minimum absolute atomic E-state index is 0.488. The fraction of sp³-hybridized carbons (Fsp3) is 0.375. The second kappa shape index (κ2) is 8.62. The van der Waals surface area contributed by atoms with Gasteiger partial charge in [0.1, 0.15) is 0 Å². The number of benzene rings is 1. The molecule has 0 amide bonds. The zero-order valence-corrected chi connectivity index (χ0v) is 14.0. The van der Waals surface area contributed by atoms with Crippen LogP contribution in [0.4, 0.5) is 0 Å². The minimum Gasteiger partial charge on any atom is -0.421 e. The molecule has 0 saturated carbocycles. The van der Waals surface area contributed by atoms with Crippen LogP contribution in [0.5, 0.6) is 0 Å². The predicted octanol–water partition coefficient (Wildman–Crippen LogP) is 4.08. The number of esters is 2. The summed E-state index contributed by atoms with van der Waals surface area (Å²) in [5.41, 5.74) is 1.69. The van der Waals surface area contributed by atoms with Crippen molar-refractivity contribution >= 4 is 33.9 Å². The van der Waals surface area contributed by atoms with Gasteiger partial charge in [-0.3, -0.25) is 9.59 Å². The Kier molecular flexibility index (Phi) is 7.15. The van der Waals surface area contributed by atoms with Crippen LogP contribution in [0.3, 0.4) is 0 Å². The van der Waals surface area contributed by atoms with Crippen molar-refractivity contribution in [2.24, 2.45) is 0 Å². The summed E-state index contributed by atoms with van der Waals surface area (Å²) in [7, 11) is 0. The monoisotopic (exact) mass is 354 g/mol. The predicted molar refractivity (Wildman–Crippen MR) is 84.3 cm³/mol. The van der Waals surface area contributed by atoms with E-state index in [4.69, 9.17) is 9.47 Å². The Hall–Kier alpha value is -1.62. The zero-order valence-electron chi connectivity index (χ0n) is 12.4. The van der Waals surface area contributed by atoms with Gasteiger partial charge in [0, 0.05) is 23.9 Å². The van der Waals surface area contributed by atoms with Crippen LogP contribution in [-0.2, 0) is 19.1 Å². The lowest BCUT2D eigenvalue weighted by molar-refractivity contribution is -0.178. The van der Waals surface area contributed by atoms with Crippen LogP contribution in [0.2, 0.25) is 0 Å². The highest BCUT2D eigenvalue weighted by Gasteiger charge is 2.20. The van der Waals surface area contributed by atoms with Gasteiger partial charge in [-0.05, 0) is 30.2 Å². The molecule has 0 spiro atoms. The Bertz CT molecular complexity index is 521. The average Bonchev–Trinajstić information content (AvgIpc) is 2.36. The first-order valence-electron chi connectivity index (χ1n) is 6.72. The summed E-state index contributed by atoms with van der Waals surface area (Å²) >= 11 is 3.41. The molecule has 0 saturated heterocycles. The van der Waals surface area contributed by atoms with Crippen molar-refractivity contribution in [2.45, 2.75) is 39.9 Å². The Morgan fingerprint density at radius 1 is 1.24 bits per heavy atom. The van der Waals surface area contributed by atoms with Crippen molar-refractivity contribution < 1.29 is 19.1 Å². The van der Waals surface area contributed by atoms with Crippen LogP contribution >= 0.6 is 15.9 Å². The molecule has 5 heteroatoms. The summed E-state index contributed by atoms with van der Waals surface area (Å²) in [6, 6.07) is 7.70. The molecule has 1 aromatic carbocycles. The van der Waals surface area contributed by atoms with Gasteiger partial charge < -0.3 is 9.47 Å².